The predicted molar refractivity (Wildman–Crippen MR) is 113 cm³/mol. The van der Waals surface area contributed by atoms with Gasteiger partial charge in [0.05, 0.1) is 6.10 Å². The van der Waals surface area contributed by atoms with Crippen LogP contribution in [0.3, 0.4) is 0 Å². The quantitative estimate of drug-likeness (QED) is 0.516. The van der Waals surface area contributed by atoms with E-state index in [1.807, 2.05) is 31.2 Å². The fraction of sp³-hybridized carbons (Fsp3) is 0.238. The fourth-order valence-electron chi connectivity index (χ4n) is 2.13. The van der Waals surface area contributed by atoms with Crippen molar-refractivity contribution < 1.29 is 14.3 Å². The van der Waals surface area contributed by atoms with E-state index >= 15 is 0 Å². The van der Waals surface area contributed by atoms with Crippen molar-refractivity contribution in [2.75, 3.05) is 11.9 Å². The molecule has 27 heavy (non-hydrogen) atoms. The van der Waals surface area contributed by atoms with Gasteiger partial charge in [0.1, 0.15) is 18.1 Å². The Kier molecular flexibility index (Phi) is 7.82. The molecule has 0 heterocycles. The first-order valence-corrected chi connectivity index (χ1v) is 9.15. The SMILES string of the molecule is C=CCOc1ccc(NC(=S)NC(=O)c2ccc(OC(C)CC)cc2)cc1. The number of hydrogen-bond acceptors (Lipinski definition) is 4. The Balaban J connectivity index is 1.87. The lowest BCUT2D eigenvalue weighted by atomic mass is 10.2. The maximum absolute atomic E-state index is 12.3. The molecule has 0 saturated heterocycles. The van der Waals surface area contributed by atoms with E-state index in [0.717, 1.165) is 23.6 Å². The van der Waals surface area contributed by atoms with Crippen molar-refractivity contribution in [2.24, 2.45) is 0 Å². The van der Waals surface area contributed by atoms with Crippen molar-refractivity contribution in [3.8, 4) is 11.5 Å². The summed E-state index contributed by atoms with van der Waals surface area (Å²) in [7, 11) is 0. The molecular formula is C21H24N2O3S. The van der Waals surface area contributed by atoms with Gasteiger partial charge in [-0.25, -0.2) is 0 Å². The Morgan fingerprint density at radius 3 is 2.37 bits per heavy atom. The fourth-order valence-corrected chi connectivity index (χ4v) is 2.34. The van der Waals surface area contributed by atoms with Gasteiger partial charge in [-0.1, -0.05) is 19.6 Å². The zero-order chi connectivity index (χ0) is 19.6. The topological polar surface area (TPSA) is 59.6 Å². The zero-order valence-corrected chi connectivity index (χ0v) is 16.3. The minimum absolute atomic E-state index is 0.134. The molecule has 6 heteroatoms. The number of anilines is 1. The molecule has 1 atom stereocenters. The van der Waals surface area contributed by atoms with E-state index in [0.29, 0.717) is 12.2 Å². The number of nitrogens with one attached hydrogen (secondary N) is 2. The normalized spacial score (nSPS) is 11.2. The second-order valence-corrected chi connectivity index (χ2v) is 6.30. The molecule has 0 aliphatic heterocycles. The summed E-state index contributed by atoms with van der Waals surface area (Å²) >= 11 is 5.20. The standard InChI is InChI=1S/C21H24N2O3S/c1-4-14-25-18-12-8-17(9-13-18)22-21(27)23-20(24)16-6-10-19(11-7-16)26-15(3)5-2/h4,6-13,15H,1,5,14H2,2-3H3,(H2,22,23,24,27). The molecule has 1 unspecified atom stereocenters. The summed E-state index contributed by atoms with van der Waals surface area (Å²) in [5.41, 5.74) is 1.26. The molecule has 0 bridgehead atoms. The van der Waals surface area contributed by atoms with Gasteiger partial charge < -0.3 is 14.8 Å². The van der Waals surface area contributed by atoms with Gasteiger partial charge in [-0.15, -0.1) is 0 Å². The number of benzene rings is 2. The van der Waals surface area contributed by atoms with Gasteiger partial charge >= 0.3 is 0 Å². The van der Waals surface area contributed by atoms with Crippen molar-refractivity contribution in [3.05, 3.63) is 66.7 Å². The van der Waals surface area contributed by atoms with E-state index in [2.05, 4.69) is 24.1 Å². The summed E-state index contributed by atoms with van der Waals surface area (Å²) < 4.78 is 11.1. The highest BCUT2D eigenvalue weighted by atomic mass is 32.1. The lowest BCUT2D eigenvalue weighted by Gasteiger charge is -2.13. The number of ether oxygens (including phenoxy) is 2. The number of hydrogen-bond donors (Lipinski definition) is 2. The van der Waals surface area contributed by atoms with Crippen molar-refractivity contribution in [3.63, 3.8) is 0 Å². The highest BCUT2D eigenvalue weighted by Gasteiger charge is 2.09. The van der Waals surface area contributed by atoms with Crippen LogP contribution < -0.4 is 20.1 Å². The average Bonchev–Trinajstić information content (AvgIpc) is 2.67. The zero-order valence-electron chi connectivity index (χ0n) is 15.5. The Hall–Kier alpha value is -2.86. The molecule has 2 aromatic carbocycles. The molecular weight excluding hydrogens is 360 g/mol. The molecule has 0 radical (unpaired) electrons. The van der Waals surface area contributed by atoms with Crippen LogP contribution >= 0.6 is 12.2 Å². The van der Waals surface area contributed by atoms with Crippen LogP contribution in [0, 0.1) is 0 Å². The minimum atomic E-state index is -0.284. The number of thiocarbonyl (C=S) groups is 1. The lowest BCUT2D eigenvalue weighted by molar-refractivity contribution is 0.0977. The van der Waals surface area contributed by atoms with Crippen LogP contribution in [-0.4, -0.2) is 23.7 Å². The van der Waals surface area contributed by atoms with E-state index in [4.69, 9.17) is 21.7 Å². The first-order valence-electron chi connectivity index (χ1n) is 8.74. The van der Waals surface area contributed by atoms with Crippen LogP contribution in [0.25, 0.3) is 0 Å². The van der Waals surface area contributed by atoms with Gasteiger partial charge in [0, 0.05) is 11.3 Å². The molecule has 1 amide bonds. The van der Waals surface area contributed by atoms with Gasteiger partial charge in [-0.05, 0) is 74.1 Å². The molecule has 142 valence electrons. The number of carbonyl (C=O) groups excluding carboxylic acids is 1. The van der Waals surface area contributed by atoms with E-state index < -0.39 is 0 Å². The summed E-state index contributed by atoms with van der Waals surface area (Å²) in [5, 5.41) is 5.85. The minimum Gasteiger partial charge on any atom is -0.491 e. The maximum Gasteiger partial charge on any atom is 0.257 e. The van der Waals surface area contributed by atoms with E-state index in [-0.39, 0.29) is 17.1 Å². The smallest absolute Gasteiger partial charge is 0.257 e. The van der Waals surface area contributed by atoms with Crippen LogP contribution in [0.4, 0.5) is 5.69 Å². The highest BCUT2D eigenvalue weighted by Crippen LogP contribution is 2.16. The third-order valence-electron chi connectivity index (χ3n) is 3.74. The number of rotatable bonds is 8. The van der Waals surface area contributed by atoms with Crippen LogP contribution in [0.1, 0.15) is 30.6 Å². The summed E-state index contributed by atoms with van der Waals surface area (Å²) in [6.45, 7) is 8.11. The van der Waals surface area contributed by atoms with Gasteiger partial charge in [-0.3, -0.25) is 10.1 Å². The number of carbonyl (C=O) groups is 1. The molecule has 0 aliphatic carbocycles. The number of amides is 1. The summed E-state index contributed by atoms with van der Waals surface area (Å²) in [4.78, 5) is 12.3. The second-order valence-electron chi connectivity index (χ2n) is 5.89. The second kappa shape index (κ2) is 10.3. The Labute approximate surface area is 165 Å². The van der Waals surface area contributed by atoms with Crippen LogP contribution in [0.15, 0.2) is 61.2 Å². The first-order chi connectivity index (χ1) is 13.0. The van der Waals surface area contributed by atoms with Gasteiger partial charge in [0.15, 0.2) is 5.11 Å². The molecule has 0 aliphatic rings. The summed E-state index contributed by atoms with van der Waals surface area (Å²) in [6, 6.07) is 14.2. The Bertz CT molecular complexity index is 773. The van der Waals surface area contributed by atoms with Crippen molar-refractivity contribution in [1.82, 2.24) is 5.32 Å². The van der Waals surface area contributed by atoms with Crippen molar-refractivity contribution in [2.45, 2.75) is 26.4 Å². The predicted octanol–water partition coefficient (Wildman–Crippen LogP) is 4.56. The molecule has 2 N–H and O–H groups in total. The molecule has 5 nitrogen and oxygen atoms in total. The summed E-state index contributed by atoms with van der Waals surface area (Å²) in [5.74, 6) is 1.18. The van der Waals surface area contributed by atoms with Gasteiger partial charge in [0.25, 0.3) is 5.91 Å². The van der Waals surface area contributed by atoms with Crippen molar-refractivity contribution in [1.29, 1.82) is 0 Å². The molecule has 0 spiro atoms. The largest absolute Gasteiger partial charge is 0.491 e. The maximum atomic E-state index is 12.3. The third kappa shape index (κ3) is 6.75. The van der Waals surface area contributed by atoms with Crippen LogP contribution in [-0.2, 0) is 0 Å². The Morgan fingerprint density at radius 1 is 1.15 bits per heavy atom. The van der Waals surface area contributed by atoms with Crippen LogP contribution in [0.2, 0.25) is 0 Å². The highest BCUT2D eigenvalue weighted by molar-refractivity contribution is 7.80. The first kappa shape index (κ1) is 20.5. The molecule has 2 aromatic rings. The monoisotopic (exact) mass is 384 g/mol. The van der Waals surface area contributed by atoms with Crippen LogP contribution in [0.5, 0.6) is 11.5 Å². The summed E-state index contributed by atoms with van der Waals surface area (Å²) in [6.07, 6.45) is 2.73. The van der Waals surface area contributed by atoms with Crippen molar-refractivity contribution >= 4 is 28.9 Å². The average molecular weight is 385 g/mol. The molecule has 0 aromatic heterocycles. The molecule has 2 rings (SSSR count). The third-order valence-corrected chi connectivity index (χ3v) is 3.94. The van der Waals surface area contributed by atoms with E-state index in [9.17, 15) is 4.79 Å². The Morgan fingerprint density at radius 2 is 1.78 bits per heavy atom. The van der Waals surface area contributed by atoms with E-state index in [1.54, 1.807) is 30.3 Å². The molecule has 0 saturated carbocycles. The molecule has 0 fully saturated rings. The lowest BCUT2D eigenvalue weighted by Crippen LogP contribution is -2.34. The van der Waals surface area contributed by atoms with Gasteiger partial charge in [-0.2, -0.15) is 0 Å². The van der Waals surface area contributed by atoms with Gasteiger partial charge in [0.2, 0.25) is 0 Å². The van der Waals surface area contributed by atoms with E-state index in [1.165, 1.54) is 0 Å².